The Bertz CT molecular complexity index is 1210. The molecule has 0 aliphatic carbocycles. The SMILES string of the molecule is COc1cccc2c1nc(N)n1nc(C[C@@H](C)N3CCc4nc(C)sc4C3)nc21. The van der Waals surface area contributed by atoms with Crippen molar-refractivity contribution in [1.29, 1.82) is 0 Å². The van der Waals surface area contributed by atoms with E-state index in [0.29, 0.717) is 28.9 Å². The van der Waals surface area contributed by atoms with E-state index in [1.807, 2.05) is 18.2 Å². The summed E-state index contributed by atoms with van der Waals surface area (Å²) in [7, 11) is 1.63. The van der Waals surface area contributed by atoms with Crippen molar-refractivity contribution < 1.29 is 4.74 Å². The minimum absolute atomic E-state index is 0.311. The third-order valence-electron chi connectivity index (χ3n) is 5.52. The minimum Gasteiger partial charge on any atom is -0.494 e. The van der Waals surface area contributed by atoms with Crippen LogP contribution in [-0.4, -0.2) is 49.2 Å². The van der Waals surface area contributed by atoms with E-state index in [2.05, 4.69) is 33.8 Å². The number of nitrogens with two attached hydrogens (primary N) is 1. The number of fused-ring (bicyclic) bond motifs is 4. The Hall–Kier alpha value is -2.78. The molecule has 1 atom stereocenters. The van der Waals surface area contributed by atoms with Crippen LogP contribution in [0.1, 0.15) is 28.3 Å². The Labute approximate surface area is 172 Å². The van der Waals surface area contributed by atoms with E-state index >= 15 is 0 Å². The fourth-order valence-corrected chi connectivity index (χ4v) is 5.04. The van der Waals surface area contributed by atoms with Crippen LogP contribution in [0.2, 0.25) is 0 Å². The van der Waals surface area contributed by atoms with Crippen LogP contribution in [0.15, 0.2) is 18.2 Å². The van der Waals surface area contributed by atoms with Gasteiger partial charge >= 0.3 is 0 Å². The van der Waals surface area contributed by atoms with Crippen molar-refractivity contribution >= 4 is 33.8 Å². The average Bonchev–Trinajstić information content (AvgIpc) is 3.30. The van der Waals surface area contributed by atoms with Crippen LogP contribution >= 0.6 is 11.3 Å². The molecule has 0 bridgehead atoms. The van der Waals surface area contributed by atoms with Crippen LogP contribution in [0.25, 0.3) is 16.6 Å². The monoisotopic (exact) mass is 409 g/mol. The first-order chi connectivity index (χ1) is 14.0. The summed E-state index contributed by atoms with van der Waals surface area (Å²) in [4.78, 5) is 17.8. The number of thiazole rings is 1. The lowest BCUT2D eigenvalue weighted by Crippen LogP contribution is -2.38. The van der Waals surface area contributed by atoms with Crippen molar-refractivity contribution in [2.45, 2.75) is 39.3 Å². The molecule has 0 radical (unpaired) electrons. The number of para-hydroxylation sites is 1. The molecule has 0 saturated carbocycles. The first kappa shape index (κ1) is 18.3. The number of nitrogens with zero attached hydrogens (tertiary/aromatic N) is 6. The number of aromatic nitrogens is 5. The zero-order valence-electron chi connectivity index (χ0n) is 16.7. The maximum absolute atomic E-state index is 6.17. The van der Waals surface area contributed by atoms with Crippen molar-refractivity contribution in [1.82, 2.24) is 29.5 Å². The van der Waals surface area contributed by atoms with Crippen LogP contribution in [-0.2, 0) is 19.4 Å². The number of aryl methyl sites for hydroxylation is 1. The highest BCUT2D eigenvalue weighted by atomic mass is 32.1. The van der Waals surface area contributed by atoms with Gasteiger partial charge in [-0.2, -0.15) is 4.52 Å². The molecule has 2 N–H and O–H groups in total. The minimum atomic E-state index is 0.311. The Balaban J connectivity index is 1.45. The van der Waals surface area contributed by atoms with E-state index in [4.69, 9.17) is 15.5 Å². The molecular weight excluding hydrogens is 386 g/mol. The average molecular weight is 410 g/mol. The summed E-state index contributed by atoms with van der Waals surface area (Å²) in [5.41, 5.74) is 8.85. The normalized spacial score (nSPS) is 15.7. The second-order valence-corrected chi connectivity index (χ2v) is 8.75. The molecule has 0 fully saturated rings. The Morgan fingerprint density at radius 2 is 2.14 bits per heavy atom. The molecule has 0 spiro atoms. The first-order valence-electron chi connectivity index (χ1n) is 9.70. The number of hydrogen-bond acceptors (Lipinski definition) is 8. The van der Waals surface area contributed by atoms with Gasteiger partial charge in [0.2, 0.25) is 5.95 Å². The Morgan fingerprint density at radius 3 is 2.97 bits per heavy atom. The van der Waals surface area contributed by atoms with E-state index in [1.165, 1.54) is 10.6 Å². The van der Waals surface area contributed by atoms with Gasteiger partial charge in [-0.1, -0.05) is 6.07 Å². The molecular formula is C20H23N7OS. The van der Waals surface area contributed by atoms with Gasteiger partial charge in [0.1, 0.15) is 11.3 Å². The number of benzene rings is 1. The summed E-state index contributed by atoms with van der Waals surface area (Å²) >= 11 is 1.80. The van der Waals surface area contributed by atoms with Crippen molar-refractivity contribution in [3.05, 3.63) is 39.6 Å². The van der Waals surface area contributed by atoms with Gasteiger partial charge in [0.05, 0.1) is 17.8 Å². The van der Waals surface area contributed by atoms with Crippen LogP contribution in [0.4, 0.5) is 5.95 Å². The van der Waals surface area contributed by atoms with Crippen molar-refractivity contribution in [2.75, 3.05) is 19.4 Å². The first-order valence-corrected chi connectivity index (χ1v) is 10.5. The van der Waals surface area contributed by atoms with Gasteiger partial charge in [0, 0.05) is 42.2 Å². The van der Waals surface area contributed by atoms with Crippen LogP contribution in [0, 0.1) is 6.92 Å². The van der Waals surface area contributed by atoms with Crippen LogP contribution < -0.4 is 10.5 Å². The Kier molecular flexibility index (Phi) is 4.36. The smallest absolute Gasteiger partial charge is 0.223 e. The molecule has 0 amide bonds. The molecule has 4 aromatic rings. The lowest BCUT2D eigenvalue weighted by Gasteiger charge is -2.31. The molecule has 1 aliphatic rings. The van der Waals surface area contributed by atoms with Crippen LogP contribution in [0.5, 0.6) is 5.75 Å². The van der Waals surface area contributed by atoms with Crippen molar-refractivity contribution in [3.63, 3.8) is 0 Å². The molecule has 150 valence electrons. The third kappa shape index (κ3) is 3.10. The molecule has 8 nitrogen and oxygen atoms in total. The summed E-state index contributed by atoms with van der Waals surface area (Å²) < 4.78 is 7.06. The summed E-state index contributed by atoms with van der Waals surface area (Å²) in [6.45, 7) is 6.26. The molecule has 0 saturated heterocycles. The van der Waals surface area contributed by atoms with Gasteiger partial charge in [-0.05, 0) is 26.0 Å². The topological polar surface area (TPSA) is 94.5 Å². The maximum Gasteiger partial charge on any atom is 0.223 e. The van der Waals surface area contributed by atoms with E-state index in [1.54, 1.807) is 23.0 Å². The standard InChI is InChI=1S/C20H23N7OS/c1-11(26-8-7-14-16(10-26)29-12(2)22-14)9-17-23-19-13-5-4-6-15(28-3)18(13)24-20(21)27(19)25-17/h4-6,11H,7-10H2,1-3H3,(H2,21,24)/t11-/m1/s1. The van der Waals surface area contributed by atoms with Gasteiger partial charge in [-0.25, -0.2) is 15.0 Å². The van der Waals surface area contributed by atoms with Gasteiger partial charge in [-0.3, -0.25) is 4.90 Å². The molecule has 1 aliphatic heterocycles. The summed E-state index contributed by atoms with van der Waals surface area (Å²) in [6.07, 6.45) is 1.75. The van der Waals surface area contributed by atoms with Crippen molar-refractivity contribution in [3.8, 4) is 5.75 Å². The van der Waals surface area contributed by atoms with E-state index in [-0.39, 0.29) is 0 Å². The highest BCUT2D eigenvalue weighted by Crippen LogP contribution is 2.29. The number of hydrogen-bond donors (Lipinski definition) is 1. The van der Waals surface area contributed by atoms with E-state index < -0.39 is 0 Å². The molecule has 5 rings (SSSR count). The predicted molar refractivity (Wildman–Crippen MR) is 113 cm³/mol. The summed E-state index contributed by atoms with van der Waals surface area (Å²) in [5, 5.41) is 6.67. The number of nitrogen functional groups attached to an aromatic ring is 1. The maximum atomic E-state index is 6.17. The quantitative estimate of drug-likeness (QED) is 0.554. The van der Waals surface area contributed by atoms with E-state index in [9.17, 15) is 0 Å². The largest absolute Gasteiger partial charge is 0.494 e. The second-order valence-electron chi connectivity index (χ2n) is 7.47. The zero-order valence-corrected chi connectivity index (χ0v) is 17.5. The molecule has 4 heterocycles. The number of anilines is 1. The fourth-order valence-electron chi connectivity index (χ4n) is 4.03. The lowest BCUT2D eigenvalue weighted by molar-refractivity contribution is 0.189. The fraction of sp³-hybridized carbons (Fsp3) is 0.400. The summed E-state index contributed by atoms with van der Waals surface area (Å²) in [5.74, 6) is 1.76. The van der Waals surface area contributed by atoms with Gasteiger partial charge in [-0.15, -0.1) is 16.4 Å². The Morgan fingerprint density at radius 1 is 1.28 bits per heavy atom. The lowest BCUT2D eigenvalue weighted by atomic mass is 10.1. The number of methoxy groups -OCH3 is 1. The molecule has 3 aromatic heterocycles. The third-order valence-corrected chi connectivity index (χ3v) is 6.52. The van der Waals surface area contributed by atoms with Gasteiger partial charge in [0.25, 0.3) is 0 Å². The second kappa shape index (κ2) is 6.93. The molecule has 29 heavy (non-hydrogen) atoms. The molecule has 1 aromatic carbocycles. The number of ether oxygens (including phenoxy) is 1. The highest BCUT2D eigenvalue weighted by molar-refractivity contribution is 7.11. The zero-order chi connectivity index (χ0) is 20.1. The number of rotatable bonds is 4. The summed E-state index contributed by atoms with van der Waals surface area (Å²) in [6, 6.07) is 6.09. The predicted octanol–water partition coefficient (Wildman–Crippen LogP) is 2.62. The van der Waals surface area contributed by atoms with Crippen LogP contribution in [0.3, 0.4) is 0 Å². The highest BCUT2D eigenvalue weighted by Gasteiger charge is 2.25. The molecule has 0 unspecified atom stereocenters. The van der Waals surface area contributed by atoms with E-state index in [0.717, 1.165) is 42.1 Å². The van der Waals surface area contributed by atoms with Crippen molar-refractivity contribution in [2.24, 2.45) is 0 Å². The molecule has 9 heteroatoms. The van der Waals surface area contributed by atoms with Gasteiger partial charge in [0.15, 0.2) is 11.5 Å². The van der Waals surface area contributed by atoms with Gasteiger partial charge < -0.3 is 10.5 Å².